The lowest BCUT2D eigenvalue weighted by Gasteiger charge is -2.20. The minimum Gasteiger partial charge on any atom is -0.387 e. The predicted octanol–water partition coefficient (Wildman–Crippen LogP) is 2.48. The number of hydrogen-bond donors (Lipinski definition) is 2. The lowest BCUT2D eigenvalue weighted by molar-refractivity contribution is 0.152. The first kappa shape index (κ1) is 12.4. The van der Waals surface area contributed by atoms with E-state index >= 15 is 0 Å². The fourth-order valence-electron chi connectivity index (χ4n) is 1.48. The number of nitrogens with two attached hydrogens (primary N) is 1. The molecule has 0 aliphatic heterocycles. The summed E-state index contributed by atoms with van der Waals surface area (Å²) in [6.07, 6.45) is -0.938. The molecule has 2 unspecified atom stereocenters. The summed E-state index contributed by atoms with van der Waals surface area (Å²) in [6, 6.07) is 0.872. The third kappa shape index (κ3) is 2.30. The Balaban J connectivity index is 3.39. The van der Waals surface area contributed by atoms with Gasteiger partial charge < -0.3 is 10.8 Å². The maximum Gasteiger partial charge on any atom is 0.142 e. The van der Waals surface area contributed by atoms with Gasteiger partial charge in [0, 0.05) is 11.6 Å². The topological polar surface area (TPSA) is 46.2 Å². The van der Waals surface area contributed by atoms with Gasteiger partial charge in [0.15, 0.2) is 0 Å². The predicted molar refractivity (Wildman–Crippen MR) is 59.5 cm³/mol. The van der Waals surface area contributed by atoms with Gasteiger partial charge in [0.05, 0.1) is 11.1 Å². The molecule has 0 saturated heterocycles. The van der Waals surface area contributed by atoms with E-state index in [-0.39, 0.29) is 5.02 Å². The normalized spacial score (nSPS) is 15.1. The molecule has 1 aromatic rings. The van der Waals surface area contributed by atoms with Gasteiger partial charge >= 0.3 is 0 Å². The third-order valence-corrected chi connectivity index (χ3v) is 2.96. The number of halogens is 2. The van der Waals surface area contributed by atoms with E-state index in [4.69, 9.17) is 17.3 Å². The lowest BCUT2D eigenvalue weighted by Crippen LogP contribution is -2.25. The van der Waals surface area contributed by atoms with Crippen LogP contribution in [0.3, 0.4) is 0 Å². The van der Waals surface area contributed by atoms with Crippen LogP contribution in [0.1, 0.15) is 29.7 Å². The Morgan fingerprint density at radius 3 is 2.47 bits per heavy atom. The molecule has 0 aliphatic rings. The van der Waals surface area contributed by atoms with Crippen LogP contribution in [0.15, 0.2) is 6.07 Å². The zero-order valence-corrected chi connectivity index (χ0v) is 9.77. The molecule has 0 radical (unpaired) electrons. The minimum atomic E-state index is -0.938. The van der Waals surface area contributed by atoms with E-state index in [2.05, 4.69) is 0 Å². The van der Waals surface area contributed by atoms with Crippen molar-refractivity contribution >= 4 is 11.6 Å². The molecule has 4 heteroatoms. The van der Waals surface area contributed by atoms with Gasteiger partial charge in [-0.3, -0.25) is 0 Å². The fraction of sp³-hybridized carbons (Fsp3) is 0.455. The molecule has 0 aromatic heterocycles. The van der Waals surface area contributed by atoms with Crippen molar-refractivity contribution in [1.82, 2.24) is 0 Å². The van der Waals surface area contributed by atoms with E-state index in [1.54, 1.807) is 20.8 Å². The van der Waals surface area contributed by atoms with Gasteiger partial charge in [-0.15, -0.1) is 0 Å². The van der Waals surface area contributed by atoms with E-state index in [1.165, 1.54) is 6.07 Å². The third-order valence-electron chi connectivity index (χ3n) is 2.58. The average Bonchev–Trinajstić information content (AvgIpc) is 2.15. The molecule has 84 valence electrons. The number of aliphatic hydroxyl groups is 1. The van der Waals surface area contributed by atoms with Crippen molar-refractivity contribution in [1.29, 1.82) is 0 Å². The standard InChI is InChI=1S/C11H15ClFNO/c1-5-4-8(13)10(12)9(6(5)2)11(15)7(3)14/h4,7,11,15H,14H2,1-3H3. The van der Waals surface area contributed by atoms with Crippen LogP contribution in [0.25, 0.3) is 0 Å². The van der Waals surface area contributed by atoms with Gasteiger partial charge in [-0.05, 0) is 38.0 Å². The molecule has 0 aliphatic carbocycles. The summed E-state index contributed by atoms with van der Waals surface area (Å²) >= 11 is 5.82. The summed E-state index contributed by atoms with van der Waals surface area (Å²) in [5, 5.41) is 9.79. The van der Waals surface area contributed by atoms with E-state index in [0.29, 0.717) is 5.56 Å². The number of rotatable bonds is 2. The lowest BCUT2D eigenvalue weighted by atomic mass is 9.95. The molecule has 0 fully saturated rings. The molecule has 0 heterocycles. The largest absolute Gasteiger partial charge is 0.387 e. The highest BCUT2D eigenvalue weighted by Gasteiger charge is 2.21. The summed E-state index contributed by atoms with van der Waals surface area (Å²) in [5.74, 6) is -0.519. The summed E-state index contributed by atoms with van der Waals surface area (Å²) in [4.78, 5) is 0. The summed E-state index contributed by atoms with van der Waals surface area (Å²) < 4.78 is 13.4. The monoisotopic (exact) mass is 231 g/mol. The van der Waals surface area contributed by atoms with Crippen molar-refractivity contribution < 1.29 is 9.50 Å². The van der Waals surface area contributed by atoms with Crippen molar-refractivity contribution in [3.8, 4) is 0 Å². The second kappa shape index (κ2) is 4.47. The quantitative estimate of drug-likeness (QED) is 0.822. The molecular formula is C11H15ClFNO. The summed E-state index contributed by atoms with van der Waals surface area (Å²) in [6.45, 7) is 5.22. The van der Waals surface area contributed by atoms with Gasteiger partial charge in [0.25, 0.3) is 0 Å². The fourth-order valence-corrected chi connectivity index (χ4v) is 1.79. The average molecular weight is 232 g/mol. The zero-order chi connectivity index (χ0) is 11.7. The Bertz CT molecular complexity index is 353. The molecule has 0 amide bonds. The Hall–Kier alpha value is -0.640. The maximum atomic E-state index is 13.4. The highest BCUT2D eigenvalue weighted by molar-refractivity contribution is 6.31. The van der Waals surface area contributed by atoms with E-state index in [9.17, 15) is 9.50 Å². The smallest absolute Gasteiger partial charge is 0.142 e. The van der Waals surface area contributed by atoms with Gasteiger partial charge in [-0.1, -0.05) is 11.6 Å². The van der Waals surface area contributed by atoms with Crippen LogP contribution >= 0.6 is 11.6 Å². The van der Waals surface area contributed by atoms with Gasteiger partial charge in [-0.25, -0.2) is 4.39 Å². The molecule has 1 rings (SSSR count). The Kier molecular flexibility index (Phi) is 3.71. The number of aliphatic hydroxyl groups excluding tert-OH is 1. The molecular weight excluding hydrogens is 217 g/mol. The van der Waals surface area contributed by atoms with Crippen LogP contribution in [-0.2, 0) is 0 Å². The minimum absolute atomic E-state index is 0.0390. The van der Waals surface area contributed by atoms with Crippen LogP contribution in [0.2, 0.25) is 5.02 Å². The molecule has 2 nitrogen and oxygen atoms in total. The first-order valence-corrected chi connectivity index (χ1v) is 5.12. The zero-order valence-electron chi connectivity index (χ0n) is 9.01. The maximum absolute atomic E-state index is 13.4. The first-order valence-electron chi connectivity index (χ1n) is 4.75. The van der Waals surface area contributed by atoms with Crippen molar-refractivity contribution in [3.05, 3.63) is 33.6 Å². The van der Waals surface area contributed by atoms with Crippen LogP contribution < -0.4 is 5.73 Å². The van der Waals surface area contributed by atoms with Crippen LogP contribution in [0.5, 0.6) is 0 Å². The number of hydrogen-bond acceptors (Lipinski definition) is 2. The molecule has 0 spiro atoms. The number of aryl methyl sites for hydroxylation is 1. The first-order chi connectivity index (χ1) is 6.86. The van der Waals surface area contributed by atoms with E-state index in [1.807, 2.05) is 0 Å². The highest BCUT2D eigenvalue weighted by Crippen LogP contribution is 2.32. The SMILES string of the molecule is Cc1cc(F)c(Cl)c(C(O)C(C)N)c1C. The molecule has 15 heavy (non-hydrogen) atoms. The van der Waals surface area contributed by atoms with Gasteiger partial charge in [0.1, 0.15) is 5.82 Å². The molecule has 3 N–H and O–H groups in total. The highest BCUT2D eigenvalue weighted by atomic mass is 35.5. The number of benzene rings is 1. The van der Waals surface area contributed by atoms with Crippen LogP contribution in [-0.4, -0.2) is 11.1 Å². The van der Waals surface area contributed by atoms with Gasteiger partial charge in [0.2, 0.25) is 0 Å². The second-order valence-corrected chi connectivity index (χ2v) is 4.21. The second-order valence-electron chi connectivity index (χ2n) is 3.83. The summed E-state index contributed by atoms with van der Waals surface area (Å²) in [5.41, 5.74) is 7.51. The van der Waals surface area contributed by atoms with Crippen LogP contribution in [0, 0.1) is 19.7 Å². The van der Waals surface area contributed by atoms with Gasteiger partial charge in [-0.2, -0.15) is 0 Å². The molecule has 1 aromatic carbocycles. The molecule has 2 atom stereocenters. The van der Waals surface area contributed by atoms with Crippen molar-refractivity contribution in [2.24, 2.45) is 5.73 Å². The van der Waals surface area contributed by atoms with Crippen molar-refractivity contribution in [3.63, 3.8) is 0 Å². The van der Waals surface area contributed by atoms with Crippen molar-refractivity contribution in [2.75, 3.05) is 0 Å². The molecule has 0 bridgehead atoms. The Morgan fingerprint density at radius 2 is 2.00 bits per heavy atom. The van der Waals surface area contributed by atoms with Crippen LogP contribution in [0.4, 0.5) is 4.39 Å². The van der Waals surface area contributed by atoms with Crippen molar-refractivity contribution in [2.45, 2.75) is 32.9 Å². The molecule has 0 saturated carbocycles. The van der Waals surface area contributed by atoms with E-state index < -0.39 is 18.0 Å². The summed E-state index contributed by atoms with van der Waals surface area (Å²) in [7, 11) is 0. The Labute approximate surface area is 93.9 Å². The Morgan fingerprint density at radius 1 is 1.47 bits per heavy atom. The van der Waals surface area contributed by atoms with E-state index in [0.717, 1.165) is 11.1 Å².